The number of nitrogens with one attached hydrogen (secondary N) is 1. The van der Waals surface area contributed by atoms with Crippen LogP contribution in [0.4, 0.5) is 10.7 Å². The Kier molecular flexibility index (Phi) is 19.4. The van der Waals surface area contributed by atoms with Gasteiger partial charge in [0.15, 0.2) is 0 Å². The fraction of sp³-hybridized carbons (Fsp3) is 0.533. The molecule has 1 unspecified atom stereocenters. The number of hydrogen-bond donors (Lipinski definition) is 1. The summed E-state index contributed by atoms with van der Waals surface area (Å²) in [6, 6.07) is 23.1. The summed E-state index contributed by atoms with van der Waals surface area (Å²) in [4.78, 5) is 14.2. The molecule has 0 amide bonds. The molecular weight excluding hydrogens is 673 g/mol. The number of piperazine rings is 2. The smallest absolute Gasteiger partial charge is 0.0909 e. The largest absolute Gasteiger partial charge is 0.383 e. The standard InChI is InChI=1S/C15H23NO.C12H18N2S.C11H16N2.C7H11N/c1-13-3-5-14(6-4-13)15-7-9-16(10-8-15)11-12-17-2;1-2-6-13-7-8-14(10-11(13)4-1)12-5-3-9-15-12;1-10-2-4-11(5-3-10)13-8-6-12-7-9-13;1-4-6-8-7(3)5-2/h3-6,15H,7-12H2,1-2H3;3,5,9,11H,1-2,4,6-8,10H2;2-5,12H,6-9H2,1H3;4-6H,1H2,2-3H3/b;;;7-5-,8-6?. The number of anilines is 2. The number of fused-ring (bicyclic) bond motifs is 1. The third kappa shape index (κ3) is 15.2. The summed E-state index contributed by atoms with van der Waals surface area (Å²) in [7, 11) is 1.78. The number of piperidine rings is 2. The number of aliphatic imine (C=N–C) groups is 1. The van der Waals surface area contributed by atoms with Crippen LogP contribution in [0.1, 0.15) is 68.6 Å². The minimum absolute atomic E-state index is 0.759. The maximum Gasteiger partial charge on any atom is 0.0909 e. The summed E-state index contributed by atoms with van der Waals surface area (Å²) >= 11 is 1.88. The number of likely N-dealkylation sites (tertiary alicyclic amines) is 1. The van der Waals surface area contributed by atoms with E-state index in [1.807, 2.05) is 31.3 Å². The van der Waals surface area contributed by atoms with Crippen molar-refractivity contribution in [2.45, 2.75) is 71.8 Å². The van der Waals surface area contributed by atoms with Crippen molar-refractivity contribution in [2.24, 2.45) is 4.99 Å². The first-order valence-electron chi connectivity index (χ1n) is 20.0. The second-order valence-corrected chi connectivity index (χ2v) is 15.5. The van der Waals surface area contributed by atoms with Crippen LogP contribution in [0.25, 0.3) is 0 Å². The number of methoxy groups -OCH3 is 1. The summed E-state index contributed by atoms with van der Waals surface area (Å²) < 4.78 is 5.13. The molecule has 8 heteroatoms. The Morgan fingerprint density at radius 3 is 2.19 bits per heavy atom. The van der Waals surface area contributed by atoms with Gasteiger partial charge in [-0.05, 0) is 114 Å². The summed E-state index contributed by atoms with van der Waals surface area (Å²) in [6.45, 7) is 25.6. The number of thiophene rings is 1. The molecule has 0 spiro atoms. The molecule has 1 N–H and O–H groups in total. The average Bonchev–Trinajstić information content (AvgIpc) is 3.76. The van der Waals surface area contributed by atoms with Gasteiger partial charge < -0.3 is 24.8 Å². The molecule has 1 aromatic heterocycles. The van der Waals surface area contributed by atoms with E-state index in [0.29, 0.717) is 0 Å². The van der Waals surface area contributed by atoms with Crippen molar-refractivity contribution < 1.29 is 4.74 Å². The minimum atomic E-state index is 0.759. The van der Waals surface area contributed by atoms with E-state index in [9.17, 15) is 0 Å². The zero-order valence-corrected chi connectivity index (χ0v) is 34.3. The Bertz CT molecular complexity index is 1460. The van der Waals surface area contributed by atoms with Gasteiger partial charge in [0, 0.05) is 83.1 Å². The zero-order chi connectivity index (χ0) is 37.7. The second-order valence-electron chi connectivity index (χ2n) is 14.6. The van der Waals surface area contributed by atoms with Crippen molar-refractivity contribution >= 4 is 28.2 Å². The van der Waals surface area contributed by atoms with Crippen LogP contribution in [0.5, 0.6) is 0 Å². The Morgan fingerprint density at radius 1 is 0.868 bits per heavy atom. The number of hydrogen-bond acceptors (Lipinski definition) is 8. The normalized spacial score (nSPS) is 19.9. The molecule has 2 aromatic carbocycles. The van der Waals surface area contributed by atoms with Gasteiger partial charge in [-0.1, -0.05) is 72.7 Å². The van der Waals surface area contributed by atoms with Crippen LogP contribution in [0.15, 0.2) is 95.5 Å². The lowest BCUT2D eigenvalue weighted by Gasteiger charge is -2.44. The van der Waals surface area contributed by atoms with Crippen molar-refractivity contribution in [3.63, 3.8) is 0 Å². The predicted molar refractivity (Wildman–Crippen MR) is 232 cm³/mol. The fourth-order valence-corrected chi connectivity index (χ4v) is 8.05. The highest BCUT2D eigenvalue weighted by Gasteiger charge is 2.29. The molecule has 1 atom stereocenters. The van der Waals surface area contributed by atoms with E-state index >= 15 is 0 Å². The third-order valence-corrected chi connectivity index (χ3v) is 11.6. The first kappa shape index (κ1) is 42.5. The molecule has 0 aliphatic carbocycles. The lowest BCUT2D eigenvalue weighted by atomic mass is 9.89. The highest BCUT2D eigenvalue weighted by molar-refractivity contribution is 7.14. The Balaban J connectivity index is 0.000000163. The maximum absolute atomic E-state index is 5.13. The number of ether oxygens (including phenoxy) is 1. The molecular formula is C45H68N6OS. The number of aryl methyl sites for hydroxylation is 2. The van der Waals surface area contributed by atoms with Crippen LogP contribution in [-0.4, -0.2) is 108 Å². The first-order chi connectivity index (χ1) is 25.9. The molecule has 290 valence electrons. The molecule has 4 saturated heterocycles. The van der Waals surface area contributed by atoms with Gasteiger partial charge in [0.2, 0.25) is 0 Å². The van der Waals surface area contributed by atoms with Crippen LogP contribution >= 0.6 is 11.3 Å². The number of nitrogens with zero attached hydrogens (tertiary/aromatic N) is 5. The van der Waals surface area contributed by atoms with Gasteiger partial charge in [-0.3, -0.25) is 9.89 Å². The maximum atomic E-state index is 5.13. The predicted octanol–water partition coefficient (Wildman–Crippen LogP) is 8.81. The molecule has 0 bridgehead atoms. The van der Waals surface area contributed by atoms with Gasteiger partial charge in [-0.15, -0.1) is 11.3 Å². The van der Waals surface area contributed by atoms with E-state index in [-0.39, 0.29) is 0 Å². The summed E-state index contributed by atoms with van der Waals surface area (Å²) in [5, 5.41) is 7.00. The van der Waals surface area contributed by atoms with E-state index in [0.717, 1.165) is 57.0 Å². The quantitative estimate of drug-likeness (QED) is 0.233. The van der Waals surface area contributed by atoms with Crippen LogP contribution in [0.2, 0.25) is 0 Å². The van der Waals surface area contributed by atoms with Crippen molar-refractivity contribution in [3.8, 4) is 0 Å². The molecule has 53 heavy (non-hydrogen) atoms. The third-order valence-electron chi connectivity index (χ3n) is 10.7. The Morgan fingerprint density at radius 2 is 1.57 bits per heavy atom. The van der Waals surface area contributed by atoms with Crippen LogP contribution < -0.4 is 15.1 Å². The molecule has 3 aromatic rings. The van der Waals surface area contributed by atoms with Gasteiger partial charge in [0.25, 0.3) is 0 Å². The van der Waals surface area contributed by atoms with Crippen LogP contribution in [-0.2, 0) is 4.74 Å². The molecule has 4 aliphatic rings. The van der Waals surface area contributed by atoms with E-state index in [1.165, 1.54) is 98.8 Å². The highest BCUT2D eigenvalue weighted by atomic mass is 32.1. The van der Waals surface area contributed by atoms with Crippen LogP contribution in [0, 0.1) is 13.8 Å². The lowest BCUT2D eigenvalue weighted by molar-refractivity contribution is 0.130. The highest BCUT2D eigenvalue weighted by Crippen LogP contribution is 2.29. The zero-order valence-electron chi connectivity index (χ0n) is 33.5. The molecule has 4 aliphatic heterocycles. The molecule has 0 saturated carbocycles. The van der Waals surface area contributed by atoms with Crippen molar-refractivity contribution in [3.05, 3.63) is 107 Å². The van der Waals surface area contributed by atoms with Gasteiger partial charge in [0.1, 0.15) is 0 Å². The van der Waals surface area contributed by atoms with Gasteiger partial charge in [0.05, 0.1) is 11.6 Å². The Labute approximate surface area is 326 Å². The summed E-state index contributed by atoms with van der Waals surface area (Å²) in [5.74, 6) is 0.759. The lowest BCUT2D eigenvalue weighted by Crippen LogP contribution is -2.54. The van der Waals surface area contributed by atoms with Crippen molar-refractivity contribution in [1.82, 2.24) is 15.1 Å². The molecule has 4 fully saturated rings. The molecule has 0 radical (unpaired) electrons. The molecule has 5 heterocycles. The SMILES string of the molecule is C=CC=N/C(C)=C\C.COCCN1CCC(c2ccc(C)cc2)CC1.Cc1ccc(N2CCNCC2)cc1.c1csc(N2CCN3CCCCC3C2)c1. The number of rotatable bonds is 8. The van der Waals surface area contributed by atoms with E-state index in [4.69, 9.17) is 4.74 Å². The van der Waals surface area contributed by atoms with Crippen LogP contribution in [0.3, 0.4) is 0 Å². The topological polar surface area (TPSA) is 46.6 Å². The molecule has 7 nitrogen and oxygen atoms in total. The van der Waals surface area contributed by atoms with Crippen molar-refractivity contribution in [2.75, 3.05) is 95.5 Å². The number of allylic oxidation sites excluding steroid dienone is 3. The van der Waals surface area contributed by atoms with E-state index in [1.54, 1.807) is 19.4 Å². The van der Waals surface area contributed by atoms with E-state index in [2.05, 4.69) is 116 Å². The van der Waals surface area contributed by atoms with Gasteiger partial charge in [-0.25, -0.2) is 0 Å². The van der Waals surface area contributed by atoms with Crippen molar-refractivity contribution in [1.29, 1.82) is 0 Å². The number of benzene rings is 2. The van der Waals surface area contributed by atoms with E-state index < -0.39 is 0 Å². The summed E-state index contributed by atoms with van der Waals surface area (Å²) in [6.07, 6.45) is 12.1. The average molecular weight is 741 g/mol. The minimum Gasteiger partial charge on any atom is -0.383 e. The molecule has 7 rings (SSSR count). The summed E-state index contributed by atoms with van der Waals surface area (Å²) in [5.41, 5.74) is 6.57. The monoisotopic (exact) mass is 741 g/mol. The van der Waals surface area contributed by atoms with Gasteiger partial charge >= 0.3 is 0 Å². The Hall–Kier alpha value is -3.27. The first-order valence-corrected chi connectivity index (χ1v) is 20.9. The fourth-order valence-electron chi connectivity index (χ4n) is 7.28. The van der Waals surface area contributed by atoms with Gasteiger partial charge in [-0.2, -0.15) is 0 Å². The second kappa shape index (κ2) is 24.2.